The molecule has 0 aliphatic heterocycles. The van der Waals surface area contributed by atoms with Crippen LogP contribution in [0.1, 0.15) is 40.0 Å². The number of hydrogen-bond acceptors (Lipinski definition) is 1. The van der Waals surface area contributed by atoms with Crippen molar-refractivity contribution in [3.05, 3.63) is 0 Å². The molecule has 2 aliphatic rings. The molecular weight excluding hydrogens is 209 g/mol. The van der Waals surface area contributed by atoms with Crippen molar-refractivity contribution in [2.24, 2.45) is 16.7 Å². The van der Waals surface area contributed by atoms with Crippen LogP contribution < -0.4 is 0 Å². The van der Waals surface area contributed by atoms with Gasteiger partial charge in [0, 0.05) is 29.4 Å². The number of hydrogen-bond donors (Lipinski definition) is 0. The first kappa shape index (κ1) is 10.3. The summed E-state index contributed by atoms with van der Waals surface area (Å²) in [6, 6.07) is 0. The van der Waals surface area contributed by atoms with E-state index in [2.05, 4.69) is 20.8 Å². The fourth-order valence-corrected chi connectivity index (χ4v) is 2.90. The van der Waals surface area contributed by atoms with Crippen LogP contribution in [0.3, 0.4) is 0 Å². The molecule has 2 aliphatic carbocycles. The molecule has 2 bridgehead atoms. The van der Waals surface area contributed by atoms with Crippen LogP contribution in [0, 0.1) is 16.7 Å². The zero-order chi connectivity index (χ0) is 8.28. The Labute approximate surface area is 85.3 Å². The van der Waals surface area contributed by atoms with Gasteiger partial charge >= 0.3 is 0 Å². The van der Waals surface area contributed by atoms with Crippen LogP contribution in [-0.2, 0) is 4.79 Å². The molecule has 66 valence electrons. The largest absolute Gasteiger partial charge is 0.299 e. The van der Waals surface area contributed by atoms with Gasteiger partial charge in [0.2, 0.25) is 0 Å². The van der Waals surface area contributed by atoms with E-state index in [-0.39, 0.29) is 28.4 Å². The molecule has 12 heavy (non-hydrogen) atoms. The summed E-state index contributed by atoms with van der Waals surface area (Å²) in [4.78, 5) is 11.6. The minimum atomic E-state index is 0. The fraction of sp³-hybridized carbons (Fsp3) is 0.900. The van der Waals surface area contributed by atoms with Crippen molar-refractivity contribution in [1.29, 1.82) is 0 Å². The minimum absolute atomic E-state index is 0. The van der Waals surface area contributed by atoms with Crippen molar-refractivity contribution in [2.75, 3.05) is 0 Å². The first-order chi connectivity index (χ1) is 4.98. The number of carbonyl (C=O) groups is 1. The third-order valence-corrected chi connectivity index (χ3v) is 4.48. The van der Waals surface area contributed by atoms with Gasteiger partial charge in [0.1, 0.15) is 5.78 Å². The van der Waals surface area contributed by atoms with Gasteiger partial charge in [-0.2, -0.15) is 0 Å². The number of rotatable bonds is 0. The molecule has 2 saturated carbocycles. The molecule has 0 N–H and O–H groups in total. The zero-order valence-electron chi connectivity index (χ0n) is 8.11. The van der Waals surface area contributed by atoms with Gasteiger partial charge in [-0.1, -0.05) is 20.8 Å². The van der Waals surface area contributed by atoms with E-state index in [4.69, 9.17) is 0 Å². The van der Waals surface area contributed by atoms with Gasteiger partial charge in [-0.3, -0.25) is 4.79 Å². The summed E-state index contributed by atoms with van der Waals surface area (Å²) in [7, 11) is 0. The predicted molar refractivity (Wildman–Crippen MR) is 50.0 cm³/mol. The average Bonchev–Trinajstić information content (AvgIpc) is 2.20. The Kier molecular flexibility index (Phi) is 2.23. The van der Waals surface area contributed by atoms with Crippen LogP contribution in [0.5, 0.6) is 0 Å². The second kappa shape index (κ2) is 2.60. The minimum Gasteiger partial charge on any atom is -0.299 e. The second-order valence-corrected chi connectivity index (χ2v) is 4.92. The molecule has 0 amide bonds. The second-order valence-electron chi connectivity index (χ2n) is 4.92. The van der Waals surface area contributed by atoms with Crippen LogP contribution in [0.4, 0.5) is 0 Å². The van der Waals surface area contributed by atoms with E-state index in [1.54, 1.807) is 0 Å². The van der Waals surface area contributed by atoms with Crippen molar-refractivity contribution in [1.82, 2.24) is 0 Å². The molecule has 1 nitrogen and oxygen atoms in total. The fourth-order valence-electron chi connectivity index (χ4n) is 2.90. The van der Waals surface area contributed by atoms with Gasteiger partial charge in [-0.05, 0) is 24.2 Å². The van der Waals surface area contributed by atoms with Gasteiger partial charge in [0.15, 0.2) is 0 Å². The third kappa shape index (κ3) is 0.890. The SMILES string of the molecule is CC12CCC(CC1=O)C2(C)C.[Ge]. The summed E-state index contributed by atoms with van der Waals surface area (Å²) >= 11 is 0. The summed E-state index contributed by atoms with van der Waals surface area (Å²) in [5.74, 6) is 1.19. The maximum atomic E-state index is 11.6. The molecule has 0 spiro atoms. The zero-order valence-corrected chi connectivity index (χ0v) is 10.2. The summed E-state index contributed by atoms with van der Waals surface area (Å²) < 4.78 is 0. The quantitative estimate of drug-likeness (QED) is 0.576. The van der Waals surface area contributed by atoms with Crippen molar-refractivity contribution >= 4 is 23.4 Å². The van der Waals surface area contributed by atoms with E-state index in [1.165, 1.54) is 6.42 Å². The number of fused-ring (bicyclic) bond motifs is 2. The molecule has 0 aromatic carbocycles. The van der Waals surface area contributed by atoms with E-state index in [0.29, 0.717) is 11.7 Å². The van der Waals surface area contributed by atoms with Gasteiger partial charge < -0.3 is 0 Å². The average molecular weight is 225 g/mol. The summed E-state index contributed by atoms with van der Waals surface area (Å²) in [5, 5.41) is 0. The number of carbonyl (C=O) groups excluding carboxylic acids is 1. The summed E-state index contributed by atoms with van der Waals surface area (Å²) in [6.45, 7) is 6.67. The first-order valence-corrected chi connectivity index (χ1v) is 4.52. The first-order valence-electron chi connectivity index (χ1n) is 4.52. The van der Waals surface area contributed by atoms with E-state index in [9.17, 15) is 4.79 Å². The topological polar surface area (TPSA) is 17.1 Å². The normalized spacial score (nSPS) is 42.9. The van der Waals surface area contributed by atoms with Crippen molar-refractivity contribution in [3.63, 3.8) is 0 Å². The number of ketones is 1. The Morgan fingerprint density at radius 1 is 1.33 bits per heavy atom. The molecule has 0 aromatic rings. The number of Topliss-reactive ketones (excluding diaryl/α,β-unsaturated/α-hetero) is 1. The molecule has 0 saturated heterocycles. The Morgan fingerprint density at radius 3 is 2.08 bits per heavy atom. The van der Waals surface area contributed by atoms with Gasteiger partial charge in [-0.15, -0.1) is 0 Å². The predicted octanol–water partition coefficient (Wildman–Crippen LogP) is 2.02. The molecule has 4 radical (unpaired) electrons. The van der Waals surface area contributed by atoms with E-state index < -0.39 is 0 Å². The van der Waals surface area contributed by atoms with E-state index >= 15 is 0 Å². The smallest absolute Gasteiger partial charge is 0.139 e. The molecule has 0 aromatic heterocycles. The van der Waals surface area contributed by atoms with Crippen molar-refractivity contribution < 1.29 is 4.79 Å². The van der Waals surface area contributed by atoms with Crippen LogP contribution in [0.25, 0.3) is 0 Å². The monoisotopic (exact) mass is 226 g/mol. The Bertz CT molecular complexity index is 222. The maximum absolute atomic E-state index is 11.6. The molecular formula is C10H16GeO. The van der Waals surface area contributed by atoms with Crippen LogP contribution in [-0.4, -0.2) is 23.4 Å². The maximum Gasteiger partial charge on any atom is 0.139 e. The van der Waals surface area contributed by atoms with Gasteiger partial charge in [0.25, 0.3) is 0 Å². The van der Waals surface area contributed by atoms with Crippen molar-refractivity contribution in [3.8, 4) is 0 Å². The van der Waals surface area contributed by atoms with E-state index in [0.717, 1.165) is 12.8 Å². The van der Waals surface area contributed by atoms with Crippen LogP contribution >= 0.6 is 0 Å². The van der Waals surface area contributed by atoms with Gasteiger partial charge in [-0.25, -0.2) is 0 Å². The molecule has 0 heterocycles. The standard InChI is InChI=1S/C10H16O.Ge/c1-9(2)7-4-5-10(9,3)8(11)6-7;/h7H,4-6H2,1-3H3;. The molecule has 2 atom stereocenters. The Hall–Kier alpha value is 0.213. The summed E-state index contributed by atoms with van der Waals surface area (Å²) in [5.41, 5.74) is 0.307. The van der Waals surface area contributed by atoms with Crippen LogP contribution in [0.15, 0.2) is 0 Å². The van der Waals surface area contributed by atoms with Crippen LogP contribution in [0.2, 0.25) is 0 Å². The Morgan fingerprint density at radius 2 is 1.92 bits per heavy atom. The molecule has 2 unspecified atom stereocenters. The Balaban J connectivity index is 0.000000720. The molecule has 2 fully saturated rings. The third-order valence-electron chi connectivity index (χ3n) is 4.48. The van der Waals surface area contributed by atoms with E-state index in [1.807, 2.05) is 0 Å². The molecule has 2 rings (SSSR count). The van der Waals surface area contributed by atoms with Crippen molar-refractivity contribution in [2.45, 2.75) is 40.0 Å². The molecule has 2 heteroatoms. The van der Waals surface area contributed by atoms with Gasteiger partial charge in [0.05, 0.1) is 0 Å². The summed E-state index contributed by atoms with van der Waals surface area (Å²) in [6.07, 6.45) is 3.25.